The van der Waals surface area contributed by atoms with Crippen LogP contribution in [0.25, 0.3) is 0 Å². The van der Waals surface area contributed by atoms with E-state index < -0.39 is 5.82 Å². The highest BCUT2D eigenvalue weighted by atomic mass is 32.2. The molecule has 0 bridgehead atoms. The van der Waals surface area contributed by atoms with Crippen molar-refractivity contribution in [1.82, 2.24) is 0 Å². The second-order valence-electron chi connectivity index (χ2n) is 6.68. The van der Waals surface area contributed by atoms with Crippen molar-refractivity contribution >= 4 is 35.0 Å². The summed E-state index contributed by atoms with van der Waals surface area (Å²) in [6, 6.07) is 17.8. The third kappa shape index (κ3) is 5.55. The summed E-state index contributed by atoms with van der Waals surface area (Å²) in [5.41, 5.74) is 1.58. The molecule has 0 saturated carbocycles. The highest BCUT2D eigenvalue weighted by Crippen LogP contribution is 2.32. The van der Waals surface area contributed by atoms with Crippen molar-refractivity contribution in [2.75, 3.05) is 29.6 Å². The molecule has 31 heavy (non-hydrogen) atoms. The van der Waals surface area contributed by atoms with Crippen LogP contribution in [-0.2, 0) is 4.79 Å². The molecule has 3 aromatic carbocycles. The molecule has 3 aromatic rings. The van der Waals surface area contributed by atoms with E-state index in [-0.39, 0.29) is 17.6 Å². The van der Waals surface area contributed by atoms with E-state index in [1.165, 1.54) is 36.0 Å². The molecule has 0 aliphatic carbocycles. The maximum atomic E-state index is 13.0. The summed E-state index contributed by atoms with van der Waals surface area (Å²) in [5, 5.41) is 5.61. The summed E-state index contributed by atoms with van der Waals surface area (Å²) in [6.45, 7) is 0.993. The lowest BCUT2D eigenvalue weighted by atomic mass is 10.2. The van der Waals surface area contributed by atoms with Crippen molar-refractivity contribution in [3.8, 4) is 11.5 Å². The van der Waals surface area contributed by atoms with Gasteiger partial charge in [0.05, 0.1) is 5.75 Å². The largest absolute Gasteiger partial charge is 0.486 e. The predicted molar refractivity (Wildman–Crippen MR) is 118 cm³/mol. The molecule has 8 heteroatoms. The van der Waals surface area contributed by atoms with Gasteiger partial charge in [-0.2, -0.15) is 0 Å². The van der Waals surface area contributed by atoms with E-state index in [4.69, 9.17) is 9.47 Å². The van der Waals surface area contributed by atoms with Gasteiger partial charge in [0.2, 0.25) is 5.91 Å². The van der Waals surface area contributed by atoms with E-state index in [2.05, 4.69) is 10.6 Å². The van der Waals surface area contributed by atoms with Gasteiger partial charge in [0.1, 0.15) is 19.0 Å². The quantitative estimate of drug-likeness (QED) is 0.551. The summed E-state index contributed by atoms with van der Waals surface area (Å²) in [6.07, 6.45) is 0. The number of hydrogen-bond donors (Lipinski definition) is 2. The lowest BCUT2D eigenvalue weighted by Crippen LogP contribution is -2.17. The Labute approximate surface area is 182 Å². The minimum Gasteiger partial charge on any atom is -0.486 e. The van der Waals surface area contributed by atoms with Gasteiger partial charge in [0, 0.05) is 27.9 Å². The van der Waals surface area contributed by atoms with E-state index >= 15 is 0 Å². The van der Waals surface area contributed by atoms with Gasteiger partial charge in [-0.1, -0.05) is 6.07 Å². The van der Waals surface area contributed by atoms with Crippen molar-refractivity contribution in [3.05, 3.63) is 78.1 Å². The van der Waals surface area contributed by atoms with E-state index in [0.29, 0.717) is 41.7 Å². The number of rotatable bonds is 6. The van der Waals surface area contributed by atoms with E-state index in [1.54, 1.807) is 36.4 Å². The van der Waals surface area contributed by atoms with E-state index in [1.807, 2.05) is 6.07 Å². The first-order valence-electron chi connectivity index (χ1n) is 9.56. The fourth-order valence-corrected chi connectivity index (χ4v) is 3.69. The van der Waals surface area contributed by atoms with Gasteiger partial charge in [-0.05, 0) is 54.6 Å². The molecule has 0 aromatic heterocycles. The number of thioether (sulfide) groups is 1. The highest BCUT2D eigenvalue weighted by Gasteiger charge is 2.13. The van der Waals surface area contributed by atoms with Crippen LogP contribution in [0.15, 0.2) is 71.6 Å². The Morgan fingerprint density at radius 1 is 0.871 bits per heavy atom. The number of anilines is 2. The smallest absolute Gasteiger partial charge is 0.255 e. The lowest BCUT2D eigenvalue weighted by molar-refractivity contribution is -0.113. The Bertz CT molecular complexity index is 1100. The number of hydrogen-bond acceptors (Lipinski definition) is 5. The van der Waals surface area contributed by atoms with Crippen LogP contribution in [0.4, 0.5) is 15.8 Å². The Kier molecular flexibility index (Phi) is 6.37. The average molecular weight is 438 g/mol. The van der Waals surface area contributed by atoms with Crippen LogP contribution in [0.3, 0.4) is 0 Å². The molecule has 0 unspecified atom stereocenters. The SMILES string of the molecule is O=C(CSc1cccc(NC(=O)c2ccc(F)cc2)c1)Nc1ccc2c(c1)OCCO2. The predicted octanol–water partition coefficient (Wildman–Crippen LogP) is 4.58. The van der Waals surface area contributed by atoms with Gasteiger partial charge in [0.25, 0.3) is 5.91 Å². The first kappa shape index (κ1) is 20.7. The summed E-state index contributed by atoms with van der Waals surface area (Å²) >= 11 is 1.35. The topological polar surface area (TPSA) is 76.7 Å². The third-order valence-electron chi connectivity index (χ3n) is 4.39. The Morgan fingerprint density at radius 2 is 1.61 bits per heavy atom. The number of amides is 2. The number of ether oxygens (including phenoxy) is 2. The second kappa shape index (κ2) is 9.53. The maximum absolute atomic E-state index is 13.0. The molecule has 0 saturated heterocycles. The minimum absolute atomic E-state index is 0.164. The average Bonchev–Trinajstić information content (AvgIpc) is 2.78. The van der Waals surface area contributed by atoms with Gasteiger partial charge < -0.3 is 20.1 Å². The van der Waals surface area contributed by atoms with Crippen molar-refractivity contribution in [1.29, 1.82) is 0 Å². The number of carbonyl (C=O) groups is 2. The van der Waals surface area contributed by atoms with Gasteiger partial charge in [-0.3, -0.25) is 9.59 Å². The molecule has 0 atom stereocenters. The first-order valence-corrected chi connectivity index (χ1v) is 10.5. The molecular formula is C23H19FN2O4S. The lowest BCUT2D eigenvalue weighted by Gasteiger charge is -2.19. The van der Waals surface area contributed by atoms with Crippen LogP contribution in [-0.4, -0.2) is 30.8 Å². The molecule has 1 aliphatic heterocycles. The fraction of sp³-hybridized carbons (Fsp3) is 0.130. The van der Waals surface area contributed by atoms with E-state index in [0.717, 1.165) is 4.90 Å². The Morgan fingerprint density at radius 3 is 2.42 bits per heavy atom. The van der Waals surface area contributed by atoms with Crippen LogP contribution >= 0.6 is 11.8 Å². The zero-order valence-corrected chi connectivity index (χ0v) is 17.2. The first-order chi connectivity index (χ1) is 15.1. The molecule has 1 heterocycles. The molecule has 0 fully saturated rings. The van der Waals surface area contributed by atoms with Crippen LogP contribution in [0, 0.1) is 5.82 Å². The summed E-state index contributed by atoms with van der Waals surface area (Å²) in [4.78, 5) is 25.4. The molecule has 0 spiro atoms. The van der Waals surface area contributed by atoms with Crippen LogP contribution in [0.5, 0.6) is 11.5 Å². The maximum Gasteiger partial charge on any atom is 0.255 e. The third-order valence-corrected chi connectivity index (χ3v) is 5.39. The van der Waals surface area contributed by atoms with Crippen LogP contribution < -0.4 is 20.1 Å². The monoisotopic (exact) mass is 438 g/mol. The summed E-state index contributed by atoms with van der Waals surface area (Å²) in [7, 11) is 0. The number of carbonyl (C=O) groups excluding carboxylic acids is 2. The molecule has 2 N–H and O–H groups in total. The molecular weight excluding hydrogens is 419 g/mol. The van der Waals surface area contributed by atoms with Gasteiger partial charge >= 0.3 is 0 Å². The zero-order valence-electron chi connectivity index (χ0n) is 16.4. The number of halogens is 1. The highest BCUT2D eigenvalue weighted by molar-refractivity contribution is 8.00. The summed E-state index contributed by atoms with van der Waals surface area (Å²) < 4.78 is 24.0. The molecule has 1 aliphatic rings. The second-order valence-corrected chi connectivity index (χ2v) is 7.73. The van der Waals surface area contributed by atoms with Crippen molar-refractivity contribution in [2.24, 2.45) is 0 Å². The number of benzene rings is 3. The number of fused-ring (bicyclic) bond motifs is 1. The Balaban J connectivity index is 1.32. The molecule has 6 nitrogen and oxygen atoms in total. The Hall–Kier alpha value is -3.52. The van der Waals surface area contributed by atoms with Crippen molar-refractivity contribution in [3.63, 3.8) is 0 Å². The van der Waals surface area contributed by atoms with Gasteiger partial charge in [-0.15, -0.1) is 11.8 Å². The zero-order chi connectivity index (χ0) is 21.6. The van der Waals surface area contributed by atoms with Crippen molar-refractivity contribution in [2.45, 2.75) is 4.90 Å². The van der Waals surface area contributed by atoms with Crippen LogP contribution in [0.1, 0.15) is 10.4 Å². The standard InChI is InChI=1S/C23H19FN2O4S/c24-16-6-4-15(5-7-16)23(28)26-17-2-1-3-19(12-17)31-14-22(27)25-18-8-9-20-21(13-18)30-11-10-29-20/h1-9,12-13H,10-11,14H2,(H,25,27)(H,26,28). The molecule has 158 valence electrons. The molecule has 2 amide bonds. The van der Waals surface area contributed by atoms with Gasteiger partial charge in [0.15, 0.2) is 11.5 Å². The number of nitrogens with one attached hydrogen (secondary N) is 2. The molecule has 4 rings (SSSR count). The van der Waals surface area contributed by atoms with Crippen LogP contribution in [0.2, 0.25) is 0 Å². The minimum atomic E-state index is -0.399. The van der Waals surface area contributed by atoms with E-state index in [9.17, 15) is 14.0 Å². The van der Waals surface area contributed by atoms with Crippen molar-refractivity contribution < 1.29 is 23.5 Å². The molecule has 0 radical (unpaired) electrons. The summed E-state index contributed by atoms with van der Waals surface area (Å²) in [5.74, 6) is 0.578. The van der Waals surface area contributed by atoms with Gasteiger partial charge in [-0.25, -0.2) is 4.39 Å². The fourth-order valence-electron chi connectivity index (χ4n) is 2.94. The normalized spacial score (nSPS) is 12.2.